The maximum atomic E-state index is 4.46. The SMILES string of the molecule is C1=CCC(c2cncc(N3CC4CC3CN4)c2)NC1. The van der Waals surface area contributed by atoms with Gasteiger partial charge in [0.1, 0.15) is 0 Å². The van der Waals surface area contributed by atoms with Gasteiger partial charge in [0.05, 0.1) is 11.9 Å². The van der Waals surface area contributed by atoms with Crippen LogP contribution < -0.4 is 15.5 Å². The van der Waals surface area contributed by atoms with Crippen molar-refractivity contribution in [2.75, 3.05) is 24.5 Å². The molecule has 3 unspecified atom stereocenters. The van der Waals surface area contributed by atoms with E-state index < -0.39 is 0 Å². The minimum absolute atomic E-state index is 0.426. The van der Waals surface area contributed by atoms with Crippen LogP contribution in [0.4, 0.5) is 5.69 Å². The monoisotopic (exact) mass is 256 g/mol. The van der Waals surface area contributed by atoms with Gasteiger partial charge in [0.15, 0.2) is 0 Å². The van der Waals surface area contributed by atoms with E-state index in [4.69, 9.17) is 0 Å². The molecule has 100 valence electrons. The van der Waals surface area contributed by atoms with Crippen molar-refractivity contribution in [3.63, 3.8) is 0 Å². The summed E-state index contributed by atoms with van der Waals surface area (Å²) in [6.07, 6.45) is 10.8. The topological polar surface area (TPSA) is 40.2 Å². The molecule has 19 heavy (non-hydrogen) atoms. The predicted octanol–water partition coefficient (Wildman–Crippen LogP) is 1.22. The molecule has 0 aliphatic carbocycles. The van der Waals surface area contributed by atoms with Gasteiger partial charge in [-0.25, -0.2) is 0 Å². The van der Waals surface area contributed by atoms with Crippen molar-refractivity contribution in [3.8, 4) is 0 Å². The Labute approximate surface area is 113 Å². The molecule has 4 heterocycles. The van der Waals surface area contributed by atoms with Crippen LogP contribution in [0.15, 0.2) is 30.6 Å². The highest BCUT2D eigenvalue weighted by Crippen LogP contribution is 2.31. The minimum Gasteiger partial charge on any atom is -0.364 e. The second kappa shape index (κ2) is 4.62. The molecule has 4 nitrogen and oxygen atoms in total. The van der Waals surface area contributed by atoms with Crippen molar-refractivity contribution in [2.24, 2.45) is 0 Å². The second-order valence-corrected chi connectivity index (χ2v) is 5.79. The molecule has 0 amide bonds. The lowest BCUT2D eigenvalue weighted by Gasteiger charge is -2.30. The summed E-state index contributed by atoms with van der Waals surface area (Å²) in [6.45, 7) is 3.22. The number of nitrogens with one attached hydrogen (secondary N) is 2. The Hall–Kier alpha value is -1.39. The maximum Gasteiger partial charge on any atom is 0.0559 e. The van der Waals surface area contributed by atoms with Gasteiger partial charge in [-0.05, 0) is 24.5 Å². The average molecular weight is 256 g/mol. The number of rotatable bonds is 2. The first kappa shape index (κ1) is 11.4. The quantitative estimate of drug-likeness (QED) is 0.781. The van der Waals surface area contributed by atoms with Gasteiger partial charge in [-0.2, -0.15) is 0 Å². The molecule has 2 bridgehead atoms. The largest absolute Gasteiger partial charge is 0.364 e. The molecular formula is C15H20N4. The zero-order chi connectivity index (χ0) is 12.7. The Bertz CT molecular complexity index is 499. The molecule has 3 atom stereocenters. The Morgan fingerprint density at radius 2 is 2.21 bits per heavy atom. The lowest BCUT2D eigenvalue weighted by Crippen LogP contribution is -2.43. The summed E-state index contributed by atoms with van der Waals surface area (Å²) in [5.41, 5.74) is 2.61. The van der Waals surface area contributed by atoms with Crippen LogP contribution in [0.3, 0.4) is 0 Å². The summed E-state index contributed by atoms with van der Waals surface area (Å²) in [5, 5.41) is 7.08. The number of nitrogens with zero attached hydrogens (tertiary/aromatic N) is 2. The summed E-state index contributed by atoms with van der Waals surface area (Å²) < 4.78 is 0. The molecule has 0 spiro atoms. The minimum atomic E-state index is 0.426. The van der Waals surface area contributed by atoms with E-state index in [2.05, 4.69) is 38.7 Å². The summed E-state index contributed by atoms with van der Waals surface area (Å²) >= 11 is 0. The van der Waals surface area contributed by atoms with Gasteiger partial charge in [0.2, 0.25) is 0 Å². The van der Waals surface area contributed by atoms with E-state index in [0.717, 1.165) is 26.1 Å². The molecule has 3 aliphatic rings. The molecule has 4 heteroatoms. The van der Waals surface area contributed by atoms with Gasteiger partial charge in [-0.15, -0.1) is 0 Å². The molecule has 1 aromatic rings. The van der Waals surface area contributed by atoms with Crippen LogP contribution in [0, 0.1) is 0 Å². The fraction of sp³-hybridized carbons (Fsp3) is 0.533. The van der Waals surface area contributed by atoms with E-state index in [9.17, 15) is 0 Å². The number of hydrogen-bond acceptors (Lipinski definition) is 4. The molecule has 2 N–H and O–H groups in total. The highest BCUT2D eigenvalue weighted by molar-refractivity contribution is 5.50. The molecule has 0 radical (unpaired) electrons. The summed E-state index contributed by atoms with van der Waals surface area (Å²) in [6, 6.07) is 4.10. The number of fused-ring (bicyclic) bond motifs is 2. The van der Waals surface area contributed by atoms with Crippen LogP contribution in [-0.4, -0.2) is 36.7 Å². The smallest absolute Gasteiger partial charge is 0.0559 e. The summed E-state index contributed by atoms with van der Waals surface area (Å²) in [5.74, 6) is 0. The van der Waals surface area contributed by atoms with Crippen LogP contribution in [0.1, 0.15) is 24.4 Å². The zero-order valence-corrected chi connectivity index (χ0v) is 11.0. The van der Waals surface area contributed by atoms with Crippen molar-refractivity contribution in [3.05, 3.63) is 36.2 Å². The van der Waals surface area contributed by atoms with E-state index in [1.165, 1.54) is 17.7 Å². The maximum absolute atomic E-state index is 4.46. The van der Waals surface area contributed by atoms with E-state index in [1.807, 2.05) is 12.4 Å². The number of pyridine rings is 1. The molecule has 0 saturated carbocycles. The number of anilines is 1. The Morgan fingerprint density at radius 1 is 1.21 bits per heavy atom. The molecule has 2 fully saturated rings. The third-order valence-corrected chi connectivity index (χ3v) is 4.56. The van der Waals surface area contributed by atoms with Gasteiger partial charge in [-0.1, -0.05) is 12.2 Å². The summed E-state index contributed by atoms with van der Waals surface area (Å²) in [7, 11) is 0. The molecule has 0 aromatic carbocycles. The standard InChI is InChI=1S/C15H20N4/c1-2-4-17-15(3-1)11-5-13(8-16-7-11)19-10-12-6-14(19)9-18-12/h1-2,5,7-8,12,14-15,17-18H,3-4,6,9-10H2. The number of aromatic nitrogens is 1. The third kappa shape index (κ3) is 2.05. The Balaban J connectivity index is 1.58. The molecule has 2 saturated heterocycles. The van der Waals surface area contributed by atoms with Gasteiger partial charge >= 0.3 is 0 Å². The van der Waals surface area contributed by atoms with E-state index >= 15 is 0 Å². The van der Waals surface area contributed by atoms with E-state index in [0.29, 0.717) is 18.1 Å². The predicted molar refractivity (Wildman–Crippen MR) is 76.3 cm³/mol. The van der Waals surface area contributed by atoms with Crippen LogP contribution in [0.25, 0.3) is 0 Å². The molecule has 1 aromatic heterocycles. The fourth-order valence-electron chi connectivity index (χ4n) is 3.53. The third-order valence-electron chi connectivity index (χ3n) is 4.56. The Morgan fingerprint density at radius 3 is 2.95 bits per heavy atom. The first-order chi connectivity index (χ1) is 9.40. The highest BCUT2D eigenvalue weighted by atomic mass is 15.3. The van der Waals surface area contributed by atoms with Crippen LogP contribution in [0.2, 0.25) is 0 Å². The fourth-order valence-corrected chi connectivity index (χ4v) is 3.53. The average Bonchev–Trinajstić information content (AvgIpc) is 3.11. The number of piperazine rings is 1. The molecule has 4 rings (SSSR count). The van der Waals surface area contributed by atoms with Crippen molar-refractivity contribution in [2.45, 2.75) is 31.0 Å². The lowest BCUT2D eigenvalue weighted by molar-refractivity contribution is 0.551. The zero-order valence-electron chi connectivity index (χ0n) is 11.0. The van der Waals surface area contributed by atoms with Crippen molar-refractivity contribution in [1.29, 1.82) is 0 Å². The van der Waals surface area contributed by atoms with Crippen LogP contribution >= 0.6 is 0 Å². The van der Waals surface area contributed by atoms with Gasteiger partial charge in [-0.3, -0.25) is 4.98 Å². The first-order valence-electron chi connectivity index (χ1n) is 7.23. The van der Waals surface area contributed by atoms with Crippen molar-refractivity contribution < 1.29 is 0 Å². The van der Waals surface area contributed by atoms with E-state index in [-0.39, 0.29) is 0 Å². The van der Waals surface area contributed by atoms with Gasteiger partial charge < -0.3 is 15.5 Å². The number of hydrogen-bond donors (Lipinski definition) is 2. The summed E-state index contributed by atoms with van der Waals surface area (Å²) in [4.78, 5) is 6.99. The van der Waals surface area contributed by atoms with Crippen molar-refractivity contribution in [1.82, 2.24) is 15.6 Å². The molecule has 3 aliphatic heterocycles. The molecular weight excluding hydrogens is 236 g/mol. The van der Waals surface area contributed by atoms with Gasteiger partial charge in [0.25, 0.3) is 0 Å². The van der Waals surface area contributed by atoms with Crippen molar-refractivity contribution >= 4 is 5.69 Å². The van der Waals surface area contributed by atoms with Crippen LogP contribution in [-0.2, 0) is 0 Å². The van der Waals surface area contributed by atoms with Crippen LogP contribution in [0.5, 0.6) is 0 Å². The lowest BCUT2D eigenvalue weighted by atomic mass is 10.0. The Kier molecular flexibility index (Phi) is 2.78. The highest BCUT2D eigenvalue weighted by Gasteiger charge is 2.37. The normalized spacial score (nSPS) is 33.1. The first-order valence-corrected chi connectivity index (χ1v) is 7.23. The second-order valence-electron chi connectivity index (χ2n) is 5.79. The van der Waals surface area contributed by atoms with E-state index in [1.54, 1.807) is 0 Å². The van der Waals surface area contributed by atoms with Gasteiger partial charge in [0, 0.05) is 44.0 Å².